The highest BCUT2D eigenvalue weighted by Crippen LogP contribution is 2.13. The number of nitrogens with one attached hydrogen (secondary N) is 1. The number of ether oxygens (including phenoxy) is 1. The lowest BCUT2D eigenvalue weighted by Crippen LogP contribution is -2.43. The maximum atomic E-state index is 10.3. The zero-order valence-corrected chi connectivity index (χ0v) is 12.0. The zero-order chi connectivity index (χ0) is 14.0. The van der Waals surface area contributed by atoms with Crippen molar-refractivity contribution in [3.05, 3.63) is 29.8 Å². The van der Waals surface area contributed by atoms with Crippen molar-refractivity contribution in [2.45, 2.75) is 19.3 Å². The Balaban J connectivity index is 1.62. The normalized spacial score (nSPS) is 16.0. The minimum Gasteiger partial charge on any atom is -0.494 e. The molecule has 0 unspecified atom stereocenters. The van der Waals surface area contributed by atoms with Crippen LogP contribution in [0, 0.1) is 0 Å². The van der Waals surface area contributed by atoms with Crippen LogP contribution in [0.15, 0.2) is 24.3 Å². The van der Waals surface area contributed by atoms with E-state index in [1.807, 2.05) is 24.3 Å². The molecule has 1 heterocycles. The first-order chi connectivity index (χ1) is 9.88. The van der Waals surface area contributed by atoms with Gasteiger partial charge in [0.05, 0.1) is 6.61 Å². The van der Waals surface area contributed by atoms with Crippen LogP contribution in [-0.4, -0.2) is 50.5 Å². The number of hydrogen-bond acceptors (Lipinski definition) is 4. The standard InChI is InChI=1S/C16H24N2O2/c19-13-1-3-15-4-6-16(7-5-15)20-14-2-10-18-11-8-17-9-12-18/h4-7,13,17H,1-3,8-12,14H2. The van der Waals surface area contributed by atoms with Gasteiger partial charge >= 0.3 is 0 Å². The fourth-order valence-corrected chi connectivity index (χ4v) is 2.39. The predicted molar refractivity (Wildman–Crippen MR) is 80.2 cm³/mol. The van der Waals surface area contributed by atoms with Crippen LogP contribution in [0.3, 0.4) is 0 Å². The van der Waals surface area contributed by atoms with Crippen molar-refractivity contribution in [3.63, 3.8) is 0 Å². The summed E-state index contributed by atoms with van der Waals surface area (Å²) < 4.78 is 5.74. The molecule has 110 valence electrons. The van der Waals surface area contributed by atoms with E-state index in [9.17, 15) is 4.79 Å². The van der Waals surface area contributed by atoms with Gasteiger partial charge in [-0.15, -0.1) is 0 Å². The second-order valence-electron chi connectivity index (χ2n) is 5.14. The topological polar surface area (TPSA) is 41.6 Å². The number of aryl methyl sites for hydroxylation is 1. The fraction of sp³-hybridized carbons (Fsp3) is 0.562. The molecule has 4 nitrogen and oxygen atoms in total. The minimum atomic E-state index is 0.588. The van der Waals surface area contributed by atoms with E-state index < -0.39 is 0 Å². The molecule has 0 amide bonds. The second kappa shape index (κ2) is 8.72. The second-order valence-corrected chi connectivity index (χ2v) is 5.14. The number of piperazine rings is 1. The molecule has 0 atom stereocenters. The lowest BCUT2D eigenvalue weighted by molar-refractivity contribution is -0.107. The Bertz CT molecular complexity index is 386. The summed E-state index contributed by atoms with van der Waals surface area (Å²) in [5, 5.41) is 3.36. The summed E-state index contributed by atoms with van der Waals surface area (Å²) in [5.74, 6) is 0.917. The van der Waals surface area contributed by atoms with Gasteiger partial charge in [0, 0.05) is 39.1 Å². The molecule has 0 saturated carbocycles. The third-order valence-corrected chi connectivity index (χ3v) is 3.57. The third-order valence-electron chi connectivity index (χ3n) is 3.57. The molecule has 1 aromatic carbocycles. The summed E-state index contributed by atoms with van der Waals surface area (Å²) in [6, 6.07) is 8.06. The maximum absolute atomic E-state index is 10.3. The summed E-state index contributed by atoms with van der Waals surface area (Å²) in [6.45, 7) is 6.36. The van der Waals surface area contributed by atoms with Crippen molar-refractivity contribution < 1.29 is 9.53 Å². The van der Waals surface area contributed by atoms with Crippen molar-refractivity contribution in [1.29, 1.82) is 0 Å². The zero-order valence-electron chi connectivity index (χ0n) is 12.0. The van der Waals surface area contributed by atoms with Crippen LogP contribution >= 0.6 is 0 Å². The summed E-state index contributed by atoms with van der Waals surface area (Å²) in [6.07, 6.45) is 3.42. The van der Waals surface area contributed by atoms with E-state index >= 15 is 0 Å². The Hall–Kier alpha value is -1.39. The average molecular weight is 276 g/mol. The van der Waals surface area contributed by atoms with Crippen LogP contribution in [0.4, 0.5) is 0 Å². The fourth-order valence-electron chi connectivity index (χ4n) is 2.39. The molecular formula is C16H24N2O2. The molecule has 20 heavy (non-hydrogen) atoms. The van der Waals surface area contributed by atoms with Gasteiger partial charge in [-0.05, 0) is 30.5 Å². The number of benzene rings is 1. The van der Waals surface area contributed by atoms with Crippen LogP contribution in [0.2, 0.25) is 0 Å². The van der Waals surface area contributed by atoms with Gasteiger partial charge in [0.25, 0.3) is 0 Å². The highest BCUT2D eigenvalue weighted by atomic mass is 16.5. The Morgan fingerprint density at radius 1 is 1.20 bits per heavy atom. The van der Waals surface area contributed by atoms with Crippen molar-refractivity contribution in [1.82, 2.24) is 10.2 Å². The lowest BCUT2D eigenvalue weighted by atomic mass is 10.1. The molecule has 0 bridgehead atoms. The van der Waals surface area contributed by atoms with Gasteiger partial charge < -0.3 is 19.7 Å². The van der Waals surface area contributed by atoms with E-state index in [0.717, 1.165) is 64.2 Å². The highest BCUT2D eigenvalue weighted by Gasteiger charge is 2.08. The highest BCUT2D eigenvalue weighted by molar-refractivity contribution is 5.50. The lowest BCUT2D eigenvalue weighted by Gasteiger charge is -2.26. The number of carbonyl (C=O) groups is 1. The van der Waals surface area contributed by atoms with Gasteiger partial charge in [0.2, 0.25) is 0 Å². The van der Waals surface area contributed by atoms with Gasteiger partial charge in [-0.3, -0.25) is 0 Å². The van der Waals surface area contributed by atoms with Gasteiger partial charge in [0.15, 0.2) is 0 Å². The molecule has 1 aliphatic rings. The molecular weight excluding hydrogens is 252 g/mol. The van der Waals surface area contributed by atoms with Crippen LogP contribution in [0.25, 0.3) is 0 Å². The Morgan fingerprint density at radius 3 is 2.65 bits per heavy atom. The molecule has 4 heteroatoms. The van der Waals surface area contributed by atoms with Crippen molar-refractivity contribution in [2.24, 2.45) is 0 Å². The van der Waals surface area contributed by atoms with E-state index in [-0.39, 0.29) is 0 Å². The molecule has 1 aliphatic heterocycles. The van der Waals surface area contributed by atoms with Gasteiger partial charge in [-0.1, -0.05) is 12.1 Å². The quantitative estimate of drug-likeness (QED) is 0.577. The number of rotatable bonds is 8. The third kappa shape index (κ3) is 5.31. The SMILES string of the molecule is O=CCCc1ccc(OCCCN2CCNCC2)cc1. The van der Waals surface area contributed by atoms with Gasteiger partial charge in [-0.2, -0.15) is 0 Å². The summed E-state index contributed by atoms with van der Waals surface area (Å²) in [5.41, 5.74) is 1.19. The Kier molecular flexibility index (Phi) is 6.54. The molecule has 0 aliphatic carbocycles. The van der Waals surface area contributed by atoms with Crippen molar-refractivity contribution >= 4 is 6.29 Å². The first kappa shape index (κ1) is 15.0. The Morgan fingerprint density at radius 2 is 1.95 bits per heavy atom. The monoisotopic (exact) mass is 276 g/mol. The van der Waals surface area contributed by atoms with Crippen LogP contribution < -0.4 is 10.1 Å². The molecule has 1 aromatic rings. The smallest absolute Gasteiger partial charge is 0.120 e. The summed E-state index contributed by atoms with van der Waals surface area (Å²) in [4.78, 5) is 12.8. The van der Waals surface area contributed by atoms with E-state index in [0.29, 0.717) is 6.42 Å². The number of hydrogen-bond donors (Lipinski definition) is 1. The largest absolute Gasteiger partial charge is 0.494 e. The molecule has 0 spiro atoms. The summed E-state index contributed by atoms with van der Waals surface area (Å²) in [7, 11) is 0. The number of nitrogens with zero attached hydrogens (tertiary/aromatic N) is 1. The first-order valence-corrected chi connectivity index (χ1v) is 7.47. The molecule has 1 saturated heterocycles. The van der Waals surface area contributed by atoms with Crippen molar-refractivity contribution in [3.8, 4) is 5.75 Å². The Labute approximate surface area is 121 Å². The summed E-state index contributed by atoms with van der Waals surface area (Å²) >= 11 is 0. The maximum Gasteiger partial charge on any atom is 0.120 e. The molecule has 1 fully saturated rings. The van der Waals surface area contributed by atoms with Crippen LogP contribution in [-0.2, 0) is 11.2 Å². The average Bonchev–Trinajstić information content (AvgIpc) is 2.52. The molecule has 1 N–H and O–H groups in total. The number of aldehydes is 1. The van der Waals surface area contributed by atoms with Crippen LogP contribution in [0.1, 0.15) is 18.4 Å². The molecule has 0 radical (unpaired) electrons. The van der Waals surface area contributed by atoms with Gasteiger partial charge in [0.1, 0.15) is 12.0 Å². The predicted octanol–water partition coefficient (Wildman–Crippen LogP) is 1.49. The molecule has 0 aromatic heterocycles. The van der Waals surface area contributed by atoms with E-state index in [4.69, 9.17) is 4.74 Å². The van der Waals surface area contributed by atoms with Crippen LogP contribution in [0.5, 0.6) is 5.75 Å². The van der Waals surface area contributed by atoms with E-state index in [1.165, 1.54) is 5.56 Å². The van der Waals surface area contributed by atoms with Gasteiger partial charge in [-0.25, -0.2) is 0 Å². The molecule has 2 rings (SSSR count). The number of carbonyl (C=O) groups excluding carboxylic acids is 1. The minimum absolute atomic E-state index is 0.588. The van der Waals surface area contributed by atoms with Crippen molar-refractivity contribution in [2.75, 3.05) is 39.3 Å². The van der Waals surface area contributed by atoms with E-state index in [2.05, 4.69) is 10.2 Å². The first-order valence-electron chi connectivity index (χ1n) is 7.47. The van der Waals surface area contributed by atoms with E-state index in [1.54, 1.807) is 0 Å².